The van der Waals surface area contributed by atoms with Crippen LogP contribution in [0.2, 0.25) is 0 Å². The normalized spacial score (nSPS) is 12.1. The van der Waals surface area contributed by atoms with E-state index < -0.39 is 0 Å². The molecule has 0 fully saturated rings. The molecule has 0 bridgehead atoms. The summed E-state index contributed by atoms with van der Waals surface area (Å²) in [6.45, 7) is 1.45. The van der Waals surface area contributed by atoms with Crippen molar-refractivity contribution < 1.29 is 9.53 Å². The number of hydrogen-bond donors (Lipinski definition) is 0. The third-order valence-electron chi connectivity index (χ3n) is 2.08. The van der Waals surface area contributed by atoms with Crippen molar-refractivity contribution >= 4 is 21.9 Å². The summed E-state index contributed by atoms with van der Waals surface area (Å²) in [5.74, 6) is -0.224. The number of ether oxygens (including phenoxy) is 1. The SMILES string of the molecule is CC(=O)OC(CCCBr)c1ccccc1. The van der Waals surface area contributed by atoms with Crippen molar-refractivity contribution in [1.29, 1.82) is 0 Å². The Hall–Kier alpha value is -0.830. The zero-order valence-corrected chi connectivity index (χ0v) is 10.4. The second-order valence-corrected chi connectivity index (χ2v) is 4.13. The van der Waals surface area contributed by atoms with E-state index in [1.165, 1.54) is 6.92 Å². The van der Waals surface area contributed by atoms with E-state index in [2.05, 4.69) is 15.9 Å². The maximum atomic E-state index is 11.0. The molecule has 15 heavy (non-hydrogen) atoms. The molecule has 1 aromatic carbocycles. The van der Waals surface area contributed by atoms with Crippen molar-refractivity contribution in [3.63, 3.8) is 0 Å². The van der Waals surface area contributed by atoms with Crippen LogP contribution < -0.4 is 0 Å². The van der Waals surface area contributed by atoms with Crippen LogP contribution in [0.15, 0.2) is 30.3 Å². The summed E-state index contributed by atoms with van der Waals surface area (Å²) in [6.07, 6.45) is 1.74. The average Bonchev–Trinajstić information content (AvgIpc) is 2.25. The third-order valence-corrected chi connectivity index (χ3v) is 2.64. The van der Waals surface area contributed by atoms with Gasteiger partial charge in [-0.15, -0.1) is 0 Å². The topological polar surface area (TPSA) is 26.3 Å². The van der Waals surface area contributed by atoms with Gasteiger partial charge in [0.15, 0.2) is 0 Å². The van der Waals surface area contributed by atoms with E-state index in [-0.39, 0.29) is 12.1 Å². The Morgan fingerprint density at radius 1 is 1.40 bits per heavy atom. The van der Waals surface area contributed by atoms with E-state index in [4.69, 9.17) is 4.74 Å². The number of carbonyl (C=O) groups excluding carboxylic acids is 1. The molecule has 0 N–H and O–H groups in total. The fraction of sp³-hybridized carbons (Fsp3) is 0.417. The molecular weight excluding hydrogens is 256 g/mol. The molecular formula is C12H15BrO2. The van der Waals surface area contributed by atoms with Gasteiger partial charge in [0, 0.05) is 12.3 Å². The molecule has 1 aromatic rings. The van der Waals surface area contributed by atoms with Gasteiger partial charge in [0.25, 0.3) is 0 Å². The molecule has 0 aliphatic carbocycles. The van der Waals surface area contributed by atoms with Crippen molar-refractivity contribution in [2.24, 2.45) is 0 Å². The molecule has 0 heterocycles. The lowest BCUT2D eigenvalue weighted by Gasteiger charge is -2.16. The Labute approximate surface area is 98.8 Å². The van der Waals surface area contributed by atoms with Crippen LogP contribution in [0.3, 0.4) is 0 Å². The zero-order chi connectivity index (χ0) is 11.1. The third kappa shape index (κ3) is 4.47. The predicted octanol–water partition coefficient (Wildman–Crippen LogP) is 3.47. The van der Waals surface area contributed by atoms with E-state index in [0.29, 0.717) is 0 Å². The first-order valence-electron chi connectivity index (χ1n) is 5.02. The Kier molecular flexibility index (Phi) is 5.40. The highest BCUT2D eigenvalue weighted by Gasteiger charge is 2.13. The highest BCUT2D eigenvalue weighted by Crippen LogP contribution is 2.23. The first kappa shape index (κ1) is 12.2. The molecule has 0 aromatic heterocycles. The Balaban J connectivity index is 2.67. The van der Waals surface area contributed by atoms with Crippen LogP contribution in [0.1, 0.15) is 31.4 Å². The minimum Gasteiger partial charge on any atom is -0.458 e. The van der Waals surface area contributed by atoms with E-state index in [0.717, 1.165) is 23.7 Å². The number of carbonyl (C=O) groups is 1. The molecule has 0 saturated heterocycles. The number of benzene rings is 1. The maximum absolute atomic E-state index is 11.0. The van der Waals surface area contributed by atoms with Gasteiger partial charge in [-0.1, -0.05) is 46.3 Å². The Morgan fingerprint density at radius 2 is 2.07 bits per heavy atom. The van der Waals surface area contributed by atoms with Crippen LogP contribution in [-0.4, -0.2) is 11.3 Å². The minimum atomic E-state index is -0.224. The predicted molar refractivity (Wildman–Crippen MR) is 64.0 cm³/mol. The maximum Gasteiger partial charge on any atom is 0.303 e. The highest BCUT2D eigenvalue weighted by molar-refractivity contribution is 9.09. The van der Waals surface area contributed by atoms with Crippen molar-refractivity contribution in [2.75, 3.05) is 5.33 Å². The number of halogens is 1. The fourth-order valence-electron chi connectivity index (χ4n) is 1.42. The smallest absolute Gasteiger partial charge is 0.303 e. The number of esters is 1. The second-order valence-electron chi connectivity index (χ2n) is 3.34. The zero-order valence-electron chi connectivity index (χ0n) is 8.78. The minimum absolute atomic E-state index is 0.110. The summed E-state index contributed by atoms with van der Waals surface area (Å²) in [7, 11) is 0. The van der Waals surface area contributed by atoms with Crippen molar-refractivity contribution in [2.45, 2.75) is 25.9 Å². The Bertz CT molecular complexity index is 298. The summed E-state index contributed by atoms with van der Waals surface area (Å²) in [5.41, 5.74) is 1.06. The molecule has 0 saturated carbocycles. The summed E-state index contributed by atoms with van der Waals surface area (Å²) in [5, 5.41) is 0.928. The van der Waals surface area contributed by atoms with Crippen molar-refractivity contribution in [3.05, 3.63) is 35.9 Å². The van der Waals surface area contributed by atoms with Crippen LogP contribution in [0.5, 0.6) is 0 Å². The first-order chi connectivity index (χ1) is 7.24. The molecule has 1 rings (SSSR count). The molecule has 82 valence electrons. The van der Waals surface area contributed by atoms with Gasteiger partial charge >= 0.3 is 5.97 Å². The average molecular weight is 271 g/mol. The van der Waals surface area contributed by atoms with Gasteiger partial charge in [-0.3, -0.25) is 4.79 Å². The summed E-state index contributed by atoms with van der Waals surface area (Å²) >= 11 is 3.38. The van der Waals surface area contributed by atoms with Gasteiger partial charge in [0.2, 0.25) is 0 Å². The van der Waals surface area contributed by atoms with Gasteiger partial charge in [-0.25, -0.2) is 0 Å². The summed E-state index contributed by atoms with van der Waals surface area (Å²) in [6, 6.07) is 9.85. The van der Waals surface area contributed by atoms with Crippen LogP contribution >= 0.6 is 15.9 Å². The van der Waals surface area contributed by atoms with Crippen LogP contribution in [0, 0.1) is 0 Å². The standard InChI is InChI=1S/C12H15BrO2/c1-10(14)15-12(8-5-9-13)11-6-3-2-4-7-11/h2-4,6-7,12H,5,8-9H2,1H3. The molecule has 1 atom stereocenters. The van der Waals surface area contributed by atoms with E-state index in [1.807, 2.05) is 30.3 Å². The number of alkyl halides is 1. The lowest BCUT2D eigenvalue weighted by molar-refractivity contribution is -0.147. The fourth-order valence-corrected chi connectivity index (χ4v) is 1.75. The Morgan fingerprint density at radius 3 is 2.60 bits per heavy atom. The highest BCUT2D eigenvalue weighted by atomic mass is 79.9. The first-order valence-corrected chi connectivity index (χ1v) is 6.14. The molecule has 1 unspecified atom stereocenters. The summed E-state index contributed by atoms with van der Waals surface area (Å²) in [4.78, 5) is 11.0. The van der Waals surface area contributed by atoms with Crippen molar-refractivity contribution in [3.8, 4) is 0 Å². The van der Waals surface area contributed by atoms with Crippen LogP contribution in [0.25, 0.3) is 0 Å². The molecule has 0 spiro atoms. The molecule has 0 amide bonds. The van der Waals surface area contributed by atoms with E-state index in [9.17, 15) is 4.79 Å². The van der Waals surface area contributed by atoms with Crippen LogP contribution in [0.4, 0.5) is 0 Å². The van der Waals surface area contributed by atoms with E-state index in [1.54, 1.807) is 0 Å². The monoisotopic (exact) mass is 270 g/mol. The second kappa shape index (κ2) is 6.62. The molecule has 0 radical (unpaired) electrons. The van der Waals surface area contributed by atoms with Gasteiger partial charge in [-0.2, -0.15) is 0 Å². The lowest BCUT2D eigenvalue weighted by Crippen LogP contribution is -2.08. The van der Waals surface area contributed by atoms with Gasteiger partial charge in [0.05, 0.1) is 0 Å². The van der Waals surface area contributed by atoms with Crippen molar-refractivity contribution in [1.82, 2.24) is 0 Å². The summed E-state index contributed by atoms with van der Waals surface area (Å²) < 4.78 is 5.28. The number of rotatable bonds is 5. The van der Waals surface area contributed by atoms with Crippen LogP contribution in [-0.2, 0) is 9.53 Å². The number of hydrogen-bond acceptors (Lipinski definition) is 2. The van der Waals surface area contributed by atoms with Gasteiger partial charge < -0.3 is 4.74 Å². The quantitative estimate of drug-likeness (QED) is 0.605. The lowest BCUT2D eigenvalue weighted by atomic mass is 10.1. The van der Waals surface area contributed by atoms with Gasteiger partial charge in [-0.05, 0) is 18.4 Å². The molecule has 2 nitrogen and oxygen atoms in total. The van der Waals surface area contributed by atoms with E-state index >= 15 is 0 Å². The molecule has 3 heteroatoms. The van der Waals surface area contributed by atoms with Gasteiger partial charge in [0.1, 0.15) is 6.10 Å². The molecule has 0 aliphatic rings. The largest absolute Gasteiger partial charge is 0.458 e. The molecule has 0 aliphatic heterocycles.